The van der Waals surface area contributed by atoms with E-state index in [1.54, 1.807) is 33.8 Å². The summed E-state index contributed by atoms with van der Waals surface area (Å²) < 4.78 is 11.2. The van der Waals surface area contributed by atoms with Crippen LogP contribution in [0.15, 0.2) is 16.6 Å². The number of piperazine rings is 1. The van der Waals surface area contributed by atoms with Gasteiger partial charge in [0.1, 0.15) is 17.2 Å². The molecule has 176 valence electrons. The molecular formula is C22H30BrClN4O4. The number of rotatable bonds is 2. The van der Waals surface area contributed by atoms with Gasteiger partial charge in [-0.15, -0.1) is 0 Å². The molecule has 1 amide bonds. The summed E-state index contributed by atoms with van der Waals surface area (Å²) in [7, 11) is 1.30. The lowest BCUT2D eigenvalue weighted by molar-refractivity contribution is -0.147. The number of aromatic nitrogens is 2. The predicted molar refractivity (Wildman–Crippen MR) is 129 cm³/mol. The van der Waals surface area contributed by atoms with Gasteiger partial charge < -0.3 is 14.4 Å². The lowest BCUT2D eigenvalue weighted by Gasteiger charge is -2.40. The van der Waals surface area contributed by atoms with Crippen LogP contribution in [-0.2, 0) is 14.3 Å². The maximum absolute atomic E-state index is 12.7. The van der Waals surface area contributed by atoms with Crippen molar-refractivity contribution in [2.75, 3.05) is 31.6 Å². The first kappa shape index (κ1) is 26.1. The highest BCUT2D eigenvalue weighted by molar-refractivity contribution is 9.10. The number of anilines is 1. The number of hydrogen-bond acceptors (Lipinski definition) is 7. The molecule has 32 heavy (non-hydrogen) atoms. The molecule has 10 heteroatoms. The Morgan fingerprint density at radius 3 is 2.44 bits per heavy atom. The quantitative estimate of drug-likeness (QED) is 0.507. The fourth-order valence-electron chi connectivity index (χ4n) is 3.31. The first-order valence-electron chi connectivity index (χ1n) is 10.5. The first-order valence-corrected chi connectivity index (χ1v) is 11.6. The third-order valence-corrected chi connectivity index (χ3v) is 5.81. The van der Waals surface area contributed by atoms with E-state index in [2.05, 4.69) is 25.9 Å². The van der Waals surface area contributed by atoms with E-state index in [-0.39, 0.29) is 13.1 Å². The Morgan fingerprint density at radius 2 is 1.84 bits per heavy atom. The van der Waals surface area contributed by atoms with Gasteiger partial charge in [0.25, 0.3) is 0 Å². The van der Waals surface area contributed by atoms with Crippen LogP contribution in [0.25, 0.3) is 10.9 Å². The molecule has 1 fully saturated rings. The number of carbonyl (C=O) groups is 2. The SMILES string of the molecule is CC.COC(=O)C1CN(c2nc(C)nc3cc(Cl)c(Br)cc23)CCN1C(=O)OC(C)(C)C. The van der Waals surface area contributed by atoms with Gasteiger partial charge in [0.05, 0.1) is 24.2 Å². The molecule has 1 unspecified atom stereocenters. The van der Waals surface area contributed by atoms with E-state index in [4.69, 9.17) is 21.1 Å². The zero-order valence-corrected chi connectivity index (χ0v) is 21.9. The zero-order valence-electron chi connectivity index (χ0n) is 19.5. The Morgan fingerprint density at radius 1 is 1.19 bits per heavy atom. The van der Waals surface area contributed by atoms with Crippen LogP contribution in [0.2, 0.25) is 5.02 Å². The largest absolute Gasteiger partial charge is 0.467 e. The van der Waals surface area contributed by atoms with Crippen LogP contribution in [0, 0.1) is 6.92 Å². The van der Waals surface area contributed by atoms with Crippen LogP contribution in [0.5, 0.6) is 0 Å². The number of aryl methyl sites for hydroxylation is 1. The number of fused-ring (bicyclic) bond motifs is 1. The average molecular weight is 530 g/mol. The minimum Gasteiger partial charge on any atom is -0.467 e. The third kappa shape index (κ3) is 6.01. The van der Waals surface area contributed by atoms with E-state index in [1.165, 1.54) is 12.0 Å². The van der Waals surface area contributed by atoms with Crippen molar-refractivity contribution in [1.29, 1.82) is 0 Å². The van der Waals surface area contributed by atoms with E-state index in [1.807, 2.05) is 24.8 Å². The Kier molecular flexibility index (Phi) is 8.70. The third-order valence-electron chi connectivity index (χ3n) is 4.61. The Bertz CT molecular complexity index is 996. The van der Waals surface area contributed by atoms with Crippen LogP contribution >= 0.6 is 27.5 Å². The second-order valence-electron chi connectivity index (χ2n) is 8.04. The number of carbonyl (C=O) groups excluding carboxylic acids is 2. The van der Waals surface area contributed by atoms with Crippen molar-refractivity contribution in [1.82, 2.24) is 14.9 Å². The second-order valence-corrected chi connectivity index (χ2v) is 9.30. The number of halogens is 2. The number of benzene rings is 1. The molecule has 1 atom stereocenters. The highest BCUT2D eigenvalue weighted by atomic mass is 79.9. The summed E-state index contributed by atoms with van der Waals surface area (Å²) >= 11 is 9.67. The molecule has 3 rings (SSSR count). The molecule has 0 spiro atoms. The summed E-state index contributed by atoms with van der Waals surface area (Å²) in [6, 6.07) is 2.81. The van der Waals surface area contributed by atoms with E-state index in [9.17, 15) is 9.59 Å². The molecule has 1 aliphatic heterocycles. The Labute approximate surface area is 202 Å². The fraction of sp³-hybridized carbons (Fsp3) is 0.545. The molecule has 0 saturated carbocycles. The van der Waals surface area contributed by atoms with Crippen LogP contribution in [0.4, 0.5) is 10.6 Å². The lowest BCUT2D eigenvalue weighted by atomic mass is 10.1. The molecule has 0 radical (unpaired) electrons. The Hall–Kier alpha value is -2.13. The molecule has 2 aromatic rings. The van der Waals surface area contributed by atoms with E-state index in [0.29, 0.717) is 28.7 Å². The predicted octanol–water partition coefficient (Wildman–Crippen LogP) is 4.98. The van der Waals surface area contributed by atoms with Crippen molar-refractivity contribution in [2.24, 2.45) is 0 Å². The highest BCUT2D eigenvalue weighted by Crippen LogP contribution is 2.33. The minimum absolute atomic E-state index is 0.220. The molecule has 2 heterocycles. The summed E-state index contributed by atoms with van der Waals surface area (Å²) in [5.74, 6) is 0.748. The van der Waals surface area contributed by atoms with Crippen molar-refractivity contribution >= 4 is 56.3 Å². The van der Waals surface area contributed by atoms with Crippen LogP contribution < -0.4 is 4.90 Å². The van der Waals surface area contributed by atoms with Gasteiger partial charge in [-0.2, -0.15) is 0 Å². The molecule has 8 nitrogen and oxygen atoms in total. The van der Waals surface area contributed by atoms with Gasteiger partial charge in [-0.1, -0.05) is 25.4 Å². The van der Waals surface area contributed by atoms with Crippen LogP contribution in [0.1, 0.15) is 40.4 Å². The van der Waals surface area contributed by atoms with E-state index < -0.39 is 23.7 Å². The van der Waals surface area contributed by atoms with Crippen molar-refractivity contribution in [2.45, 2.75) is 53.2 Å². The Balaban J connectivity index is 0.00000176. The smallest absolute Gasteiger partial charge is 0.411 e. The average Bonchev–Trinajstić information content (AvgIpc) is 2.73. The topological polar surface area (TPSA) is 84.9 Å². The standard InChI is InChI=1S/C20H24BrClN4O4.C2H6/c1-11-23-15-9-14(22)13(21)8-12(15)17(24-11)25-6-7-26(16(10-25)18(27)29-5)19(28)30-20(2,3)4;1-2/h8-9,16H,6-7,10H2,1-5H3;1-2H3. The summed E-state index contributed by atoms with van der Waals surface area (Å²) in [6.45, 7) is 12.1. The van der Waals surface area contributed by atoms with Crippen LogP contribution in [-0.4, -0.2) is 65.3 Å². The number of amides is 1. The van der Waals surface area contributed by atoms with Gasteiger partial charge in [-0.25, -0.2) is 19.6 Å². The molecule has 1 aromatic carbocycles. The van der Waals surface area contributed by atoms with Gasteiger partial charge in [0.15, 0.2) is 6.04 Å². The normalized spacial score (nSPS) is 16.3. The van der Waals surface area contributed by atoms with E-state index in [0.717, 1.165) is 9.86 Å². The lowest BCUT2D eigenvalue weighted by Crippen LogP contribution is -2.59. The van der Waals surface area contributed by atoms with Gasteiger partial charge in [0, 0.05) is 22.9 Å². The van der Waals surface area contributed by atoms with Crippen molar-refractivity contribution < 1.29 is 19.1 Å². The number of ether oxygens (including phenoxy) is 2. The molecule has 0 aliphatic carbocycles. The van der Waals surface area contributed by atoms with Gasteiger partial charge in [-0.3, -0.25) is 4.90 Å². The minimum atomic E-state index is -0.820. The molecule has 1 aromatic heterocycles. The first-order chi connectivity index (χ1) is 15.0. The number of esters is 1. The summed E-state index contributed by atoms with van der Waals surface area (Å²) in [5.41, 5.74) is 0.0373. The van der Waals surface area contributed by atoms with Gasteiger partial charge >= 0.3 is 12.1 Å². The number of hydrogen-bond donors (Lipinski definition) is 0. The number of nitrogens with zero attached hydrogens (tertiary/aromatic N) is 4. The monoisotopic (exact) mass is 528 g/mol. The van der Waals surface area contributed by atoms with Gasteiger partial charge in [0.2, 0.25) is 0 Å². The maximum Gasteiger partial charge on any atom is 0.411 e. The molecular weight excluding hydrogens is 500 g/mol. The number of methoxy groups -OCH3 is 1. The maximum atomic E-state index is 12.7. The van der Waals surface area contributed by atoms with Crippen molar-refractivity contribution in [3.8, 4) is 0 Å². The molecule has 1 aliphatic rings. The highest BCUT2D eigenvalue weighted by Gasteiger charge is 2.39. The van der Waals surface area contributed by atoms with Crippen molar-refractivity contribution in [3.05, 3.63) is 27.5 Å². The molecule has 0 bridgehead atoms. The van der Waals surface area contributed by atoms with Crippen molar-refractivity contribution in [3.63, 3.8) is 0 Å². The zero-order chi connectivity index (χ0) is 24.2. The molecule has 1 saturated heterocycles. The summed E-state index contributed by atoms with van der Waals surface area (Å²) in [4.78, 5) is 37.6. The second kappa shape index (κ2) is 10.7. The van der Waals surface area contributed by atoms with Gasteiger partial charge in [-0.05, 0) is 55.8 Å². The molecule has 0 N–H and O–H groups in total. The summed E-state index contributed by atoms with van der Waals surface area (Å²) in [6.07, 6.45) is -0.546. The summed E-state index contributed by atoms with van der Waals surface area (Å²) in [5, 5.41) is 1.35. The van der Waals surface area contributed by atoms with Crippen LogP contribution in [0.3, 0.4) is 0 Å². The fourth-order valence-corrected chi connectivity index (χ4v) is 3.82. The van der Waals surface area contributed by atoms with E-state index >= 15 is 0 Å².